The minimum absolute atomic E-state index is 0. The van der Waals surface area contributed by atoms with Crippen molar-refractivity contribution in [2.45, 2.75) is 38.6 Å². The van der Waals surface area contributed by atoms with Crippen LogP contribution >= 0.6 is 35.6 Å². The average Bonchev–Trinajstić information content (AvgIpc) is 3.45. The molecule has 3 N–H and O–H groups in total. The molecule has 0 saturated heterocycles. The van der Waals surface area contributed by atoms with E-state index in [1.807, 2.05) is 36.4 Å². The number of nitrogens with zero attached hydrogens (tertiary/aromatic N) is 1. The third-order valence-corrected chi connectivity index (χ3v) is 5.13. The lowest BCUT2D eigenvalue weighted by atomic mass is 9.96. The van der Waals surface area contributed by atoms with E-state index in [0.717, 1.165) is 48.2 Å². The molecule has 3 rings (SSSR count). The van der Waals surface area contributed by atoms with Crippen LogP contribution in [0.25, 0.3) is 0 Å². The fourth-order valence-electron chi connectivity index (χ4n) is 3.25. The predicted molar refractivity (Wildman–Crippen MR) is 131 cm³/mol. The zero-order valence-corrected chi connectivity index (χ0v) is 19.9. The number of carbonyl (C=O) groups is 1. The van der Waals surface area contributed by atoms with Gasteiger partial charge >= 0.3 is 0 Å². The number of aliphatic imine (C=N–C) groups is 1. The van der Waals surface area contributed by atoms with E-state index < -0.39 is 0 Å². The Labute approximate surface area is 194 Å². The molecule has 1 amide bonds. The number of hydrogen-bond donors (Lipinski definition) is 3. The summed E-state index contributed by atoms with van der Waals surface area (Å²) in [5.74, 6) is 0.715. The van der Waals surface area contributed by atoms with E-state index in [4.69, 9.17) is 16.6 Å². The van der Waals surface area contributed by atoms with Gasteiger partial charge in [0.2, 0.25) is 5.91 Å². The first-order valence-corrected chi connectivity index (χ1v) is 10.0. The standard InChI is InChI=1S/C22H27ClN4O.HI/c1-3-24-21(25-14-17-6-4-9-20(12-17)27-16(2)28)26-15-22(10-11-22)18-7-5-8-19(23)13-18;/h4-9,12-13H,3,10-11,14-15H2,1-2H3,(H,27,28)(H2,24,25,26);1H. The highest BCUT2D eigenvalue weighted by atomic mass is 127. The molecule has 0 bridgehead atoms. The molecule has 5 nitrogen and oxygen atoms in total. The summed E-state index contributed by atoms with van der Waals surface area (Å²) in [5.41, 5.74) is 3.26. The van der Waals surface area contributed by atoms with Crippen LogP contribution in [0.5, 0.6) is 0 Å². The second-order valence-corrected chi connectivity index (χ2v) is 7.66. The number of guanidine groups is 1. The Bertz CT molecular complexity index is 867. The van der Waals surface area contributed by atoms with Crippen molar-refractivity contribution in [3.05, 3.63) is 64.7 Å². The monoisotopic (exact) mass is 526 g/mol. The molecule has 1 saturated carbocycles. The van der Waals surface area contributed by atoms with E-state index in [0.29, 0.717) is 6.54 Å². The van der Waals surface area contributed by atoms with Crippen molar-refractivity contribution in [1.82, 2.24) is 10.6 Å². The van der Waals surface area contributed by atoms with Gasteiger partial charge in [-0.3, -0.25) is 4.79 Å². The van der Waals surface area contributed by atoms with Crippen molar-refractivity contribution in [3.8, 4) is 0 Å². The molecule has 0 spiro atoms. The van der Waals surface area contributed by atoms with Crippen LogP contribution in [0, 0.1) is 0 Å². The summed E-state index contributed by atoms with van der Waals surface area (Å²) in [7, 11) is 0. The van der Waals surface area contributed by atoms with Crippen LogP contribution in [-0.4, -0.2) is 25.0 Å². The molecule has 0 unspecified atom stereocenters. The van der Waals surface area contributed by atoms with Crippen LogP contribution in [-0.2, 0) is 16.8 Å². The molecule has 1 aliphatic rings. The van der Waals surface area contributed by atoms with Gasteiger partial charge in [0.05, 0.1) is 6.54 Å². The van der Waals surface area contributed by atoms with Gasteiger partial charge in [0.1, 0.15) is 0 Å². The summed E-state index contributed by atoms with van der Waals surface area (Å²) in [6, 6.07) is 15.9. The molecular weight excluding hydrogens is 499 g/mol. The van der Waals surface area contributed by atoms with Crippen molar-refractivity contribution >= 4 is 53.1 Å². The van der Waals surface area contributed by atoms with E-state index in [-0.39, 0.29) is 35.3 Å². The molecule has 29 heavy (non-hydrogen) atoms. The van der Waals surface area contributed by atoms with Crippen LogP contribution < -0.4 is 16.0 Å². The number of hydrogen-bond acceptors (Lipinski definition) is 2. The first-order chi connectivity index (χ1) is 13.5. The summed E-state index contributed by atoms with van der Waals surface area (Å²) >= 11 is 6.17. The molecule has 156 valence electrons. The van der Waals surface area contributed by atoms with Gasteiger partial charge in [-0.15, -0.1) is 24.0 Å². The molecule has 7 heteroatoms. The van der Waals surface area contributed by atoms with Crippen molar-refractivity contribution < 1.29 is 4.79 Å². The minimum atomic E-state index is -0.0774. The molecule has 0 heterocycles. The third-order valence-electron chi connectivity index (χ3n) is 4.90. The summed E-state index contributed by atoms with van der Waals surface area (Å²) in [6.07, 6.45) is 2.30. The number of rotatable bonds is 7. The van der Waals surface area contributed by atoms with Gasteiger partial charge in [0, 0.05) is 36.1 Å². The van der Waals surface area contributed by atoms with Crippen LogP contribution in [0.15, 0.2) is 53.5 Å². The number of nitrogens with one attached hydrogen (secondary N) is 3. The summed E-state index contributed by atoms with van der Waals surface area (Å²) in [6.45, 7) is 5.71. The van der Waals surface area contributed by atoms with Crippen molar-refractivity contribution in [2.75, 3.05) is 18.4 Å². The quantitative estimate of drug-likeness (QED) is 0.278. The summed E-state index contributed by atoms with van der Waals surface area (Å²) in [5, 5.41) is 10.4. The highest BCUT2D eigenvalue weighted by Gasteiger charge is 2.44. The highest BCUT2D eigenvalue weighted by Crippen LogP contribution is 2.48. The Balaban J connectivity index is 0.00000300. The fourth-order valence-corrected chi connectivity index (χ4v) is 3.44. The van der Waals surface area contributed by atoms with Gasteiger partial charge in [0.25, 0.3) is 0 Å². The number of benzene rings is 2. The van der Waals surface area contributed by atoms with Crippen molar-refractivity contribution in [1.29, 1.82) is 0 Å². The molecule has 1 aliphatic carbocycles. The molecule has 0 radical (unpaired) electrons. The second-order valence-electron chi connectivity index (χ2n) is 7.22. The lowest BCUT2D eigenvalue weighted by molar-refractivity contribution is -0.114. The number of anilines is 1. The normalized spacial score (nSPS) is 14.5. The van der Waals surface area contributed by atoms with Crippen LogP contribution in [0.3, 0.4) is 0 Å². The maximum Gasteiger partial charge on any atom is 0.221 e. The van der Waals surface area contributed by atoms with E-state index >= 15 is 0 Å². The maximum atomic E-state index is 11.2. The lowest BCUT2D eigenvalue weighted by Gasteiger charge is -2.19. The number of halogens is 2. The number of amides is 1. The van der Waals surface area contributed by atoms with E-state index in [2.05, 4.69) is 35.0 Å². The van der Waals surface area contributed by atoms with Crippen LogP contribution in [0.1, 0.15) is 37.8 Å². The number of carbonyl (C=O) groups excluding carboxylic acids is 1. The first kappa shape index (κ1) is 23.5. The molecule has 0 aliphatic heterocycles. The Morgan fingerprint density at radius 1 is 1.14 bits per heavy atom. The van der Waals surface area contributed by atoms with Gasteiger partial charge in [-0.25, -0.2) is 4.99 Å². The van der Waals surface area contributed by atoms with E-state index in [9.17, 15) is 4.79 Å². The second kappa shape index (κ2) is 10.8. The van der Waals surface area contributed by atoms with Crippen molar-refractivity contribution in [2.24, 2.45) is 4.99 Å². The average molecular weight is 527 g/mol. The zero-order valence-electron chi connectivity index (χ0n) is 16.8. The fraction of sp³-hybridized carbons (Fsp3) is 0.364. The zero-order chi connectivity index (χ0) is 20.0. The molecule has 0 atom stereocenters. The van der Waals surface area contributed by atoms with Gasteiger partial charge < -0.3 is 16.0 Å². The predicted octanol–water partition coefficient (Wildman–Crippen LogP) is 4.70. The Kier molecular flexibility index (Phi) is 8.77. The largest absolute Gasteiger partial charge is 0.357 e. The van der Waals surface area contributed by atoms with Gasteiger partial charge in [-0.1, -0.05) is 35.9 Å². The van der Waals surface area contributed by atoms with Gasteiger partial charge in [-0.05, 0) is 55.2 Å². The molecule has 1 fully saturated rings. The molecule has 0 aromatic heterocycles. The minimum Gasteiger partial charge on any atom is -0.357 e. The molecule has 2 aromatic rings. The van der Waals surface area contributed by atoms with Gasteiger partial charge in [0.15, 0.2) is 5.96 Å². The summed E-state index contributed by atoms with van der Waals surface area (Å²) < 4.78 is 0. The Morgan fingerprint density at radius 2 is 1.90 bits per heavy atom. The molecular formula is C22H28ClIN4O. The Morgan fingerprint density at radius 3 is 2.55 bits per heavy atom. The highest BCUT2D eigenvalue weighted by molar-refractivity contribution is 14.0. The smallest absolute Gasteiger partial charge is 0.221 e. The lowest BCUT2D eigenvalue weighted by Crippen LogP contribution is -2.41. The molecule has 2 aromatic carbocycles. The van der Waals surface area contributed by atoms with Gasteiger partial charge in [-0.2, -0.15) is 0 Å². The maximum absolute atomic E-state index is 11.2. The summed E-state index contributed by atoms with van der Waals surface area (Å²) in [4.78, 5) is 15.9. The SMILES string of the molecule is CCNC(=NCc1cccc(NC(C)=O)c1)NCC1(c2cccc(Cl)c2)CC1.I. The van der Waals surface area contributed by atoms with E-state index in [1.165, 1.54) is 12.5 Å². The third kappa shape index (κ3) is 6.89. The van der Waals surface area contributed by atoms with Crippen molar-refractivity contribution in [3.63, 3.8) is 0 Å². The first-order valence-electron chi connectivity index (χ1n) is 9.65. The topological polar surface area (TPSA) is 65.5 Å². The van der Waals surface area contributed by atoms with Crippen LogP contribution in [0.4, 0.5) is 5.69 Å². The van der Waals surface area contributed by atoms with Crippen LogP contribution in [0.2, 0.25) is 5.02 Å². The Hall–Kier alpha value is -1.80. The van der Waals surface area contributed by atoms with E-state index in [1.54, 1.807) is 0 Å².